The molecule has 4 nitrogen and oxygen atoms in total. The highest BCUT2D eigenvalue weighted by atomic mass is 35.5. The minimum atomic E-state index is -0.936. The molecule has 0 aliphatic heterocycles. The number of rotatable bonds is 3. The zero-order chi connectivity index (χ0) is 11.5. The first-order valence-electron chi connectivity index (χ1n) is 4.50. The Morgan fingerprint density at radius 1 is 1.67 bits per heavy atom. The lowest BCUT2D eigenvalue weighted by atomic mass is 10.1. The first-order chi connectivity index (χ1) is 6.88. The predicted molar refractivity (Wildman–Crippen MR) is 57.9 cm³/mol. The number of aromatic nitrogens is 1. The molecule has 0 saturated carbocycles. The van der Waals surface area contributed by atoms with E-state index in [4.69, 9.17) is 11.6 Å². The number of nitrogens with one attached hydrogen (secondary N) is 1. The van der Waals surface area contributed by atoms with Crippen molar-refractivity contribution in [2.45, 2.75) is 19.4 Å². The third-order valence-electron chi connectivity index (χ3n) is 1.64. The summed E-state index contributed by atoms with van der Waals surface area (Å²) in [4.78, 5) is 15.4. The molecule has 15 heavy (non-hydrogen) atoms. The molecule has 0 unspecified atom stereocenters. The molecule has 0 fully saturated rings. The average Bonchev–Trinajstić information content (AvgIpc) is 2.13. The summed E-state index contributed by atoms with van der Waals surface area (Å²) in [5.41, 5.74) is -0.694. The molecule has 1 heterocycles. The summed E-state index contributed by atoms with van der Waals surface area (Å²) in [5, 5.41) is 12.4. The molecule has 2 N–H and O–H groups in total. The third-order valence-corrected chi connectivity index (χ3v) is 1.87. The molecule has 0 aliphatic carbocycles. The Morgan fingerprint density at radius 2 is 2.33 bits per heavy atom. The van der Waals surface area contributed by atoms with Crippen LogP contribution in [0.25, 0.3) is 0 Å². The molecule has 0 bridgehead atoms. The second kappa shape index (κ2) is 4.59. The van der Waals surface area contributed by atoms with E-state index in [1.54, 1.807) is 19.9 Å². The van der Waals surface area contributed by atoms with Gasteiger partial charge in [-0.2, -0.15) is 0 Å². The molecule has 0 radical (unpaired) electrons. The first-order valence-corrected chi connectivity index (χ1v) is 4.88. The SMILES string of the molecule is CC(C)(O)CNC(=O)c1cc(Cl)ccn1. The van der Waals surface area contributed by atoms with Gasteiger partial charge in [-0.1, -0.05) is 11.6 Å². The van der Waals surface area contributed by atoms with Crippen LogP contribution in [0.3, 0.4) is 0 Å². The van der Waals surface area contributed by atoms with Crippen LogP contribution in [-0.2, 0) is 0 Å². The van der Waals surface area contributed by atoms with E-state index >= 15 is 0 Å². The van der Waals surface area contributed by atoms with Crippen LogP contribution in [0.4, 0.5) is 0 Å². The Bertz CT molecular complexity index is 361. The fourth-order valence-corrected chi connectivity index (χ4v) is 1.08. The van der Waals surface area contributed by atoms with Crippen LogP contribution in [0.15, 0.2) is 18.3 Å². The Hall–Kier alpha value is -1.13. The molecule has 1 aromatic rings. The molecule has 0 saturated heterocycles. The van der Waals surface area contributed by atoms with Crippen molar-refractivity contribution in [3.05, 3.63) is 29.0 Å². The van der Waals surface area contributed by atoms with Crippen LogP contribution >= 0.6 is 11.6 Å². The van der Waals surface area contributed by atoms with E-state index in [9.17, 15) is 9.90 Å². The monoisotopic (exact) mass is 228 g/mol. The van der Waals surface area contributed by atoms with Crippen molar-refractivity contribution >= 4 is 17.5 Å². The topological polar surface area (TPSA) is 62.2 Å². The fraction of sp³-hybridized carbons (Fsp3) is 0.400. The smallest absolute Gasteiger partial charge is 0.270 e. The maximum absolute atomic E-state index is 11.5. The van der Waals surface area contributed by atoms with Crippen LogP contribution in [0.2, 0.25) is 5.02 Å². The molecular formula is C10H13ClN2O2. The van der Waals surface area contributed by atoms with Crippen LogP contribution < -0.4 is 5.32 Å². The minimum absolute atomic E-state index is 0.167. The summed E-state index contributed by atoms with van der Waals surface area (Å²) in [6.45, 7) is 3.39. The molecule has 82 valence electrons. The second-order valence-electron chi connectivity index (χ2n) is 3.85. The lowest BCUT2D eigenvalue weighted by Gasteiger charge is -2.17. The zero-order valence-corrected chi connectivity index (χ0v) is 9.38. The van der Waals surface area contributed by atoms with Crippen LogP contribution in [0.1, 0.15) is 24.3 Å². The zero-order valence-electron chi connectivity index (χ0n) is 8.62. The summed E-state index contributed by atoms with van der Waals surface area (Å²) in [6.07, 6.45) is 1.46. The standard InChI is InChI=1S/C10H13ClN2O2/c1-10(2,15)6-13-9(14)8-5-7(11)3-4-12-8/h3-5,15H,6H2,1-2H3,(H,13,14). The average molecular weight is 229 g/mol. The number of carbonyl (C=O) groups is 1. The van der Waals surface area contributed by atoms with Gasteiger partial charge in [0.25, 0.3) is 5.91 Å². The van der Waals surface area contributed by atoms with Gasteiger partial charge >= 0.3 is 0 Å². The fourth-order valence-electron chi connectivity index (χ4n) is 0.916. The summed E-state index contributed by atoms with van der Waals surface area (Å²) < 4.78 is 0. The predicted octanol–water partition coefficient (Wildman–Crippen LogP) is 1.24. The number of hydrogen-bond acceptors (Lipinski definition) is 3. The van der Waals surface area contributed by atoms with E-state index in [1.807, 2.05) is 0 Å². The molecule has 0 spiro atoms. The molecule has 1 aromatic heterocycles. The van der Waals surface area contributed by atoms with Gasteiger partial charge in [0.2, 0.25) is 0 Å². The van der Waals surface area contributed by atoms with E-state index < -0.39 is 5.60 Å². The third kappa shape index (κ3) is 4.27. The van der Waals surface area contributed by atoms with Gasteiger partial charge in [-0.05, 0) is 26.0 Å². The molecule has 1 amide bonds. The van der Waals surface area contributed by atoms with Crippen molar-refractivity contribution in [2.75, 3.05) is 6.54 Å². The van der Waals surface area contributed by atoms with Crippen LogP contribution in [-0.4, -0.2) is 28.1 Å². The van der Waals surface area contributed by atoms with Crippen molar-refractivity contribution in [1.29, 1.82) is 0 Å². The van der Waals surface area contributed by atoms with Gasteiger partial charge in [0, 0.05) is 17.8 Å². The van der Waals surface area contributed by atoms with Gasteiger partial charge in [-0.15, -0.1) is 0 Å². The van der Waals surface area contributed by atoms with E-state index in [-0.39, 0.29) is 18.1 Å². The van der Waals surface area contributed by atoms with Gasteiger partial charge in [0.1, 0.15) is 5.69 Å². The summed E-state index contributed by atoms with van der Waals surface area (Å²) in [5.74, 6) is -0.348. The van der Waals surface area contributed by atoms with Gasteiger partial charge < -0.3 is 10.4 Å². The molecular weight excluding hydrogens is 216 g/mol. The summed E-state index contributed by atoms with van der Waals surface area (Å²) in [6, 6.07) is 3.07. The highest BCUT2D eigenvalue weighted by Gasteiger charge is 2.15. The van der Waals surface area contributed by atoms with Crippen molar-refractivity contribution in [3.8, 4) is 0 Å². The second-order valence-corrected chi connectivity index (χ2v) is 4.29. The Kier molecular flexibility index (Phi) is 3.66. The maximum Gasteiger partial charge on any atom is 0.270 e. The van der Waals surface area contributed by atoms with Gasteiger partial charge in [0.15, 0.2) is 0 Å². The Morgan fingerprint density at radius 3 is 2.87 bits per heavy atom. The molecule has 0 atom stereocenters. The Labute approximate surface area is 93.3 Å². The van der Waals surface area contributed by atoms with E-state index in [2.05, 4.69) is 10.3 Å². The molecule has 5 heteroatoms. The number of amides is 1. The normalized spacial score (nSPS) is 11.2. The quantitative estimate of drug-likeness (QED) is 0.818. The Balaban J connectivity index is 2.62. The molecule has 0 aliphatic rings. The summed E-state index contributed by atoms with van der Waals surface area (Å²) in [7, 11) is 0. The minimum Gasteiger partial charge on any atom is -0.389 e. The number of nitrogens with zero attached hydrogens (tertiary/aromatic N) is 1. The van der Waals surface area contributed by atoms with Gasteiger partial charge in [-0.25, -0.2) is 0 Å². The number of aliphatic hydroxyl groups is 1. The lowest BCUT2D eigenvalue weighted by Crippen LogP contribution is -2.38. The summed E-state index contributed by atoms with van der Waals surface area (Å²) >= 11 is 5.71. The van der Waals surface area contributed by atoms with E-state index in [1.165, 1.54) is 12.3 Å². The van der Waals surface area contributed by atoms with E-state index in [0.29, 0.717) is 5.02 Å². The largest absolute Gasteiger partial charge is 0.389 e. The molecule has 0 aromatic carbocycles. The van der Waals surface area contributed by atoms with Crippen molar-refractivity contribution in [3.63, 3.8) is 0 Å². The number of pyridine rings is 1. The van der Waals surface area contributed by atoms with Gasteiger partial charge in [-0.3, -0.25) is 9.78 Å². The molecule has 1 rings (SSSR count). The van der Waals surface area contributed by atoms with Crippen molar-refractivity contribution < 1.29 is 9.90 Å². The number of hydrogen-bond donors (Lipinski definition) is 2. The van der Waals surface area contributed by atoms with Gasteiger partial charge in [0.05, 0.1) is 5.60 Å². The highest BCUT2D eigenvalue weighted by Crippen LogP contribution is 2.08. The van der Waals surface area contributed by atoms with Crippen molar-refractivity contribution in [1.82, 2.24) is 10.3 Å². The lowest BCUT2D eigenvalue weighted by molar-refractivity contribution is 0.0692. The van der Waals surface area contributed by atoms with Crippen LogP contribution in [0, 0.1) is 0 Å². The first kappa shape index (κ1) is 11.9. The van der Waals surface area contributed by atoms with Crippen LogP contribution in [0.5, 0.6) is 0 Å². The maximum atomic E-state index is 11.5. The number of halogens is 1. The van der Waals surface area contributed by atoms with E-state index in [0.717, 1.165) is 0 Å². The van der Waals surface area contributed by atoms with Crippen molar-refractivity contribution in [2.24, 2.45) is 0 Å². The highest BCUT2D eigenvalue weighted by molar-refractivity contribution is 6.30. The number of carbonyl (C=O) groups excluding carboxylic acids is 1.